The van der Waals surface area contributed by atoms with Crippen molar-refractivity contribution < 1.29 is 8.78 Å². The molecule has 0 aliphatic carbocycles. The van der Waals surface area contributed by atoms with Crippen molar-refractivity contribution in [2.45, 2.75) is 17.4 Å². The fourth-order valence-electron chi connectivity index (χ4n) is 1.76. The second-order valence-corrected chi connectivity index (χ2v) is 5.97. The summed E-state index contributed by atoms with van der Waals surface area (Å²) in [6.45, 7) is 0. The number of halogens is 3. The van der Waals surface area contributed by atoms with Crippen molar-refractivity contribution in [3.63, 3.8) is 0 Å². The number of hydrogen-bond acceptors (Lipinski definition) is 2. The van der Waals surface area contributed by atoms with Gasteiger partial charge in [-0.05, 0) is 48.4 Å². The molecule has 0 aliphatic rings. The Labute approximate surface area is 126 Å². The van der Waals surface area contributed by atoms with Gasteiger partial charge in [0, 0.05) is 21.7 Å². The van der Waals surface area contributed by atoms with Gasteiger partial charge in [0.15, 0.2) is 0 Å². The Morgan fingerprint density at radius 3 is 2.35 bits per heavy atom. The minimum Gasteiger partial charge on any atom is -0.327 e. The largest absolute Gasteiger partial charge is 0.327 e. The molecule has 0 saturated carbocycles. The molecule has 2 aromatic rings. The van der Waals surface area contributed by atoms with Crippen molar-refractivity contribution in [3.8, 4) is 0 Å². The minimum atomic E-state index is -0.354. The van der Waals surface area contributed by atoms with Gasteiger partial charge < -0.3 is 5.73 Å². The van der Waals surface area contributed by atoms with Crippen LogP contribution in [0.5, 0.6) is 0 Å². The molecule has 2 N–H and O–H groups in total. The lowest BCUT2D eigenvalue weighted by Gasteiger charge is -2.12. The van der Waals surface area contributed by atoms with Gasteiger partial charge in [0.2, 0.25) is 0 Å². The highest BCUT2D eigenvalue weighted by Crippen LogP contribution is 2.22. The first-order valence-corrected chi connectivity index (χ1v) is 7.49. The molecule has 0 spiro atoms. The molecule has 0 aliphatic heterocycles. The summed E-state index contributed by atoms with van der Waals surface area (Å²) >= 11 is 7.52. The smallest absolute Gasteiger partial charge is 0.124 e. The number of rotatable bonds is 5. The Bertz CT molecular complexity index is 575. The predicted octanol–water partition coefficient (Wildman–Crippen LogP) is 4.28. The summed E-state index contributed by atoms with van der Waals surface area (Å²) in [5, 5.41) is 0.396. The highest BCUT2D eigenvalue weighted by molar-refractivity contribution is 7.99. The van der Waals surface area contributed by atoms with Gasteiger partial charge in [-0.1, -0.05) is 17.7 Å². The fourth-order valence-corrected chi connectivity index (χ4v) is 2.86. The van der Waals surface area contributed by atoms with Crippen molar-refractivity contribution in [1.82, 2.24) is 0 Å². The number of thioether (sulfide) groups is 1. The molecule has 20 heavy (non-hydrogen) atoms. The van der Waals surface area contributed by atoms with E-state index >= 15 is 0 Å². The molecule has 106 valence electrons. The molecule has 0 bridgehead atoms. The average Bonchev–Trinajstić information content (AvgIpc) is 2.41. The molecule has 0 heterocycles. The third-order valence-electron chi connectivity index (χ3n) is 2.77. The Balaban J connectivity index is 1.89. The Morgan fingerprint density at radius 2 is 1.70 bits per heavy atom. The van der Waals surface area contributed by atoms with E-state index < -0.39 is 0 Å². The topological polar surface area (TPSA) is 26.0 Å². The van der Waals surface area contributed by atoms with Crippen LogP contribution in [0.3, 0.4) is 0 Å². The molecule has 1 nitrogen and oxygen atoms in total. The molecule has 0 aromatic heterocycles. The van der Waals surface area contributed by atoms with Gasteiger partial charge in [-0.3, -0.25) is 0 Å². The second kappa shape index (κ2) is 7.07. The normalized spacial score (nSPS) is 12.4. The number of nitrogens with two attached hydrogens (primary N) is 1. The SMILES string of the molecule is NC(CSc1ccc(F)cc1)Cc1ccc(F)cc1Cl. The van der Waals surface area contributed by atoms with Gasteiger partial charge in [-0.25, -0.2) is 8.78 Å². The van der Waals surface area contributed by atoms with Gasteiger partial charge in [0.25, 0.3) is 0 Å². The van der Waals surface area contributed by atoms with Crippen molar-refractivity contribution >= 4 is 23.4 Å². The summed E-state index contributed by atoms with van der Waals surface area (Å²) in [4.78, 5) is 0.965. The third kappa shape index (κ3) is 4.47. The van der Waals surface area contributed by atoms with Crippen LogP contribution in [0.25, 0.3) is 0 Å². The van der Waals surface area contributed by atoms with Gasteiger partial charge in [0.05, 0.1) is 0 Å². The molecule has 0 radical (unpaired) electrons. The van der Waals surface area contributed by atoms with Crippen molar-refractivity contribution in [2.24, 2.45) is 5.73 Å². The zero-order chi connectivity index (χ0) is 14.5. The van der Waals surface area contributed by atoms with Crippen LogP contribution in [0.15, 0.2) is 47.4 Å². The quantitative estimate of drug-likeness (QED) is 0.834. The highest BCUT2D eigenvalue weighted by atomic mass is 35.5. The lowest BCUT2D eigenvalue weighted by atomic mass is 10.1. The van der Waals surface area contributed by atoms with E-state index in [0.717, 1.165) is 10.5 Å². The first-order chi connectivity index (χ1) is 9.54. The van der Waals surface area contributed by atoms with Crippen LogP contribution < -0.4 is 5.73 Å². The maximum Gasteiger partial charge on any atom is 0.124 e. The van der Waals surface area contributed by atoms with Gasteiger partial charge in [-0.2, -0.15) is 0 Å². The molecule has 0 saturated heterocycles. The van der Waals surface area contributed by atoms with E-state index in [2.05, 4.69) is 0 Å². The van der Waals surface area contributed by atoms with Crippen LogP contribution in [-0.4, -0.2) is 11.8 Å². The Morgan fingerprint density at radius 1 is 1.05 bits per heavy atom. The average molecular weight is 314 g/mol. The van der Waals surface area contributed by atoms with Crippen LogP contribution in [0, 0.1) is 11.6 Å². The second-order valence-electron chi connectivity index (χ2n) is 4.46. The van der Waals surface area contributed by atoms with E-state index in [1.165, 1.54) is 24.3 Å². The third-order valence-corrected chi connectivity index (χ3v) is 4.33. The summed E-state index contributed by atoms with van der Waals surface area (Å²) in [6.07, 6.45) is 0.577. The summed E-state index contributed by atoms with van der Waals surface area (Å²) in [5.74, 6) is 0.0732. The Kier molecular flexibility index (Phi) is 5.40. The van der Waals surface area contributed by atoms with Crippen LogP contribution >= 0.6 is 23.4 Å². The van der Waals surface area contributed by atoms with E-state index in [0.29, 0.717) is 17.2 Å². The first-order valence-electron chi connectivity index (χ1n) is 6.12. The summed E-state index contributed by atoms with van der Waals surface area (Å²) < 4.78 is 25.7. The van der Waals surface area contributed by atoms with Crippen LogP contribution in [-0.2, 0) is 6.42 Å². The Hall–Kier alpha value is -1.10. The summed E-state index contributed by atoms with van der Waals surface area (Å²) in [5.41, 5.74) is 6.88. The molecule has 2 aromatic carbocycles. The molecule has 0 amide bonds. The van der Waals surface area contributed by atoms with E-state index in [9.17, 15) is 8.78 Å². The lowest BCUT2D eigenvalue weighted by molar-refractivity contribution is 0.625. The van der Waals surface area contributed by atoms with E-state index in [-0.39, 0.29) is 17.7 Å². The lowest BCUT2D eigenvalue weighted by Crippen LogP contribution is -2.25. The van der Waals surface area contributed by atoms with Crippen LogP contribution in [0.1, 0.15) is 5.56 Å². The van der Waals surface area contributed by atoms with Gasteiger partial charge in [0.1, 0.15) is 11.6 Å². The van der Waals surface area contributed by atoms with Gasteiger partial charge >= 0.3 is 0 Å². The molecular weight excluding hydrogens is 300 g/mol. The molecule has 1 atom stereocenters. The highest BCUT2D eigenvalue weighted by Gasteiger charge is 2.09. The maximum atomic E-state index is 12.9. The fraction of sp³-hybridized carbons (Fsp3) is 0.200. The van der Waals surface area contributed by atoms with Crippen LogP contribution in [0.4, 0.5) is 8.78 Å². The summed E-state index contributed by atoms with van der Waals surface area (Å²) in [7, 11) is 0. The van der Waals surface area contributed by atoms with E-state index in [4.69, 9.17) is 17.3 Å². The molecule has 1 unspecified atom stereocenters. The number of hydrogen-bond donors (Lipinski definition) is 1. The van der Waals surface area contributed by atoms with Crippen LogP contribution in [0.2, 0.25) is 5.02 Å². The molecule has 0 fully saturated rings. The van der Waals surface area contributed by atoms with Gasteiger partial charge in [-0.15, -0.1) is 11.8 Å². The molecule has 5 heteroatoms. The zero-order valence-electron chi connectivity index (χ0n) is 10.7. The molecule has 2 rings (SSSR count). The standard InChI is InChI=1S/C15H14ClF2NS/c16-15-8-12(18)2-1-10(15)7-13(19)9-20-14-5-3-11(17)4-6-14/h1-6,8,13H,7,9,19H2. The number of benzene rings is 2. The van der Waals surface area contributed by atoms with Crippen molar-refractivity contribution in [2.75, 3.05) is 5.75 Å². The minimum absolute atomic E-state index is 0.104. The maximum absolute atomic E-state index is 12.9. The monoisotopic (exact) mass is 313 g/mol. The summed E-state index contributed by atoms with van der Waals surface area (Å²) in [6, 6.07) is 10.5. The van der Waals surface area contributed by atoms with Crippen molar-refractivity contribution in [1.29, 1.82) is 0 Å². The van der Waals surface area contributed by atoms with Crippen molar-refractivity contribution in [3.05, 3.63) is 64.7 Å². The first kappa shape index (κ1) is 15.3. The van der Waals surface area contributed by atoms with E-state index in [1.54, 1.807) is 30.0 Å². The van der Waals surface area contributed by atoms with E-state index in [1.807, 2.05) is 0 Å². The zero-order valence-corrected chi connectivity index (χ0v) is 12.2. The predicted molar refractivity (Wildman–Crippen MR) is 80.2 cm³/mol. The molecular formula is C15H14ClF2NS.